The van der Waals surface area contributed by atoms with Crippen molar-refractivity contribution in [2.24, 2.45) is 0 Å². The number of ether oxygens (including phenoxy) is 1. The summed E-state index contributed by atoms with van der Waals surface area (Å²) >= 11 is 0. The maximum atomic E-state index is 13.6. The van der Waals surface area contributed by atoms with E-state index >= 15 is 0 Å². The van der Waals surface area contributed by atoms with E-state index in [1.165, 1.54) is 0 Å². The molecule has 0 N–H and O–H groups in total. The number of rotatable bonds is 9. The molecule has 0 radical (unpaired) electrons. The minimum Gasteiger partial charge on any atom is -0.367 e. The standard InChI is InChI=1S/C19H16F2N2O5/c20-19(21,13-27-23(24)25)12-26-11-16-17(14-7-3-1-4-8-14)18(22-28-16)15-9-5-2-6-10-15/h1-10H,11-13H2. The zero-order valence-electron chi connectivity index (χ0n) is 14.6. The first-order chi connectivity index (χ1) is 13.5. The third kappa shape index (κ3) is 4.89. The van der Waals surface area contributed by atoms with Crippen molar-refractivity contribution in [2.75, 3.05) is 13.2 Å². The molecule has 2 aromatic carbocycles. The topological polar surface area (TPSA) is 87.6 Å². The number of aromatic nitrogens is 1. The Morgan fingerprint density at radius 1 is 1.00 bits per heavy atom. The summed E-state index contributed by atoms with van der Waals surface area (Å²) in [6, 6.07) is 18.5. The minimum atomic E-state index is -3.51. The second-order valence-electron chi connectivity index (χ2n) is 5.91. The minimum absolute atomic E-state index is 0.274. The third-order valence-corrected chi connectivity index (χ3v) is 3.80. The summed E-state index contributed by atoms with van der Waals surface area (Å²) in [5.74, 6) is -3.24. The quantitative estimate of drug-likeness (QED) is 0.398. The van der Waals surface area contributed by atoms with Crippen molar-refractivity contribution in [2.45, 2.75) is 12.5 Å². The molecule has 3 aromatic rings. The van der Waals surface area contributed by atoms with E-state index in [1.54, 1.807) is 0 Å². The van der Waals surface area contributed by atoms with Crippen LogP contribution in [0.1, 0.15) is 5.76 Å². The molecule has 7 nitrogen and oxygen atoms in total. The van der Waals surface area contributed by atoms with Gasteiger partial charge < -0.3 is 14.1 Å². The van der Waals surface area contributed by atoms with E-state index in [0.29, 0.717) is 11.3 Å². The summed E-state index contributed by atoms with van der Waals surface area (Å²) in [6.45, 7) is -2.72. The molecule has 0 atom stereocenters. The van der Waals surface area contributed by atoms with Gasteiger partial charge in [-0.3, -0.25) is 0 Å². The zero-order valence-corrected chi connectivity index (χ0v) is 14.6. The van der Waals surface area contributed by atoms with Crippen molar-refractivity contribution in [3.05, 3.63) is 76.5 Å². The molecule has 0 bridgehead atoms. The van der Waals surface area contributed by atoms with Crippen LogP contribution in [0.4, 0.5) is 8.78 Å². The highest BCUT2D eigenvalue weighted by molar-refractivity contribution is 5.81. The molecule has 1 heterocycles. The maximum Gasteiger partial charge on any atom is 0.294 e. The second-order valence-corrected chi connectivity index (χ2v) is 5.91. The summed E-state index contributed by atoms with van der Waals surface area (Å²) < 4.78 is 37.6. The molecule has 3 rings (SSSR count). The first-order valence-corrected chi connectivity index (χ1v) is 8.28. The first kappa shape index (κ1) is 19.4. The zero-order chi connectivity index (χ0) is 20.0. The molecule has 146 valence electrons. The molecule has 0 saturated carbocycles. The summed E-state index contributed by atoms with van der Waals surface area (Å²) in [4.78, 5) is 13.8. The lowest BCUT2D eigenvalue weighted by Gasteiger charge is -2.14. The smallest absolute Gasteiger partial charge is 0.294 e. The lowest BCUT2D eigenvalue weighted by molar-refractivity contribution is -0.761. The van der Waals surface area contributed by atoms with E-state index in [9.17, 15) is 18.9 Å². The Labute approximate surface area is 158 Å². The number of halogens is 2. The van der Waals surface area contributed by atoms with Gasteiger partial charge in [-0.1, -0.05) is 65.8 Å². The molecule has 0 amide bonds. The van der Waals surface area contributed by atoms with Crippen LogP contribution < -0.4 is 0 Å². The molecule has 0 aliphatic carbocycles. The molecule has 0 aliphatic rings. The van der Waals surface area contributed by atoms with Gasteiger partial charge in [-0.2, -0.15) is 0 Å². The molecule has 0 fully saturated rings. The average molecular weight is 390 g/mol. The van der Waals surface area contributed by atoms with Crippen molar-refractivity contribution in [1.82, 2.24) is 5.16 Å². The fraction of sp³-hybridized carbons (Fsp3) is 0.211. The van der Waals surface area contributed by atoms with Crippen LogP contribution in [0.5, 0.6) is 0 Å². The van der Waals surface area contributed by atoms with Crippen molar-refractivity contribution in [3.63, 3.8) is 0 Å². The largest absolute Gasteiger partial charge is 0.367 e. The molecule has 9 heteroatoms. The molecule has 0 saturated heterocycles. The molecule has 0 unspecified atom stereocenters. The molecule has 1 aromatic heterocycles. The van der Waals surface area contributed by atoms with Gasteiger partial charge in [0.05, 0.1) is 5.56 Å². The van der Waals surface area contributed by atoms with Gasteiger partial charge >= 0.3 is 0 Å². The van der Waals surface area contributed by atoms with Crippen LogP contribution in [0.15, 0.2) is 65.2 Å². The first-order valence-electron chi connectivity index (χ1n) is 8.28. The summed E-state index contributed by atoms with van der Waals surface area (Å²) in [6.07, 6.45) is 0. The second kappa shape index (κ2) is 8.57. The number of hydrogen-bond acceptors (Lipinski definition) is 6. The van der Waals surface area contributed by atoms with E-state index in [-0.39, 0.29) is 12.4 Å². The number of nitrogens with zero attached hydrogens (tertiary/aromatic N) is 2. The average Bonchev–Trinajstić information content (AvgIpc) is 3.12. The highest BCUT2D eigenvalue weighted by atomic mass is 19.3. The lowest BCUT2D eigenvalue weighted by atomic mass is 9.99. The van der Waals surface area contributed by atoms with Crippen LogP contribution >= 0.6 is 0 Å². The molecule has 0 spiro atoms. The fourth-order valence-electron chi connectivity index (χ4n) is 2.60. The number of hydrogen-bond donors (Lipinski definition) is 0. The van der Waals surface area contributed by atoms with Gasteiger partial charge in [0.25, 0.3) is 11.0 Å². The molecule has 0 aliphatic heterocycles. The van der Waals surface area contributed by atoms with Crippen LogP contribution in [-0.4, -0.2) is 29.4 Å². The predicted octanol–water partition coefficient (Wildman–Crippen LogP) is 4.37. The Hall–Kier alpha value is -3.33. The summed E-state index contributed by atoms with van der Waals surface area (Å²) in [5.41, 5.74) is 2.80. The lowest BCUT2D eigenvalue weighted by Crippen LogP contribution is -2.31. The van der Waals surface area contributed by atoms with Gasteiger partial charge in [-0.15, -0.1) is 10.1 Å². The highest BCUT2D eigenvalue weighted by Gasteiger charge is 2.32. The van der Waals surface area contributed by atoms with Crippen LogP contribution in [0.2, 0.25) is 0 Å². The van der Waals surface area contributed by atoms with E-state index in [1.807, 2.05) is 60.7 Å². The molecular formula is C19H16F2N2O5. The van der Waals surface area contributed by atoms with Crippen molar-refractivity contribution >= 4 is 0 Å². The molecule has 28 heavy (non-hydrogen) atoms. The third-order valence-electron chi connectivity index (χ3n) is 3.80. The van der Waals surface area contributed by atoms with Gasteiger partial charge in [0, 0.05) is 5.56 Å². The Kier molecular flexibility index (Phi) is 5.95. The monoisotopic (exact) mass is 390 g/mol. The van der Waals surface area contributed by atoms with Gasteiger partial charge in [0.1, 0.15) is 18.9 Å². The SMILES string of the molecule is O=[N+]([O-])OCC(F)(F)COCc1onc(-c2ccccc2)c1-c1ccccc1. The summed E-state index contributed by atoms with van der Waals surface area (Å²) in [5, 5.41) is 12.9. The van der Waals surface area contributed by atoms with Crippen LogP contribution in [0.3, 0.4) is 0 Å². The van der Waals surface area contributed by atoms with Gasteiger partial charge in [0.2, 0.25) is 0 Å². The van der Waals surface area contributed by atoms with E-state index in [4.69, 9.17) is 9.26 Å². The number of alkyl halides is 2. The Morgan fingerprint density at radius 3 is 2.21 bits per heavy atom. The van der Waals surface area contributed by atoms with E-state index < -0.39 is 24.2 Å². The molecular weight excluding hydrogens is 374 g/mol. The summed E-state index contributed by atoms with van der Waals surface area (Å²) in [7, 11) is 0. The van der Waals surface area contributed by atoms with Crippen molar-refractivity contribution in [1.29, 1.82) is 0 Å². The Morgan fingerprint density at radius 2 is 1.61 bits per heavy atom. The van der Waals surface area contributed by atoms with Gasteiger partial charge in [0.15, 0.2) is 12.4 Å². The van der Waals surface area contributed by atoms with E-state index in [0.717, 1.165) is 11.1 Å². The van der Waals surface area contributed by atoms with Crippen molar-refractivity contribution in [3.8, 4) is 22.4 Å². The van der Waals surface area contributed by atoms with Gasteiger partial charge in [-0.25, -0.2) is 8.78 Å². The van der Waals surface area contributed by atoms with Crippen LogP contribution in [0.25, 0.3) is 22.4 Å². The predicted molar refractivity (Wildman–Crippen MR) is 94.9 cm³/mol. The van der Waals surface area contributed by atoms with Crippen LogP contribution in [0, 0.1) is 10.1 Å². The Balaban J connectivity index is 1.80. The van der Waals surface area contributed by atoms with Gasteiger partial charge in [-0.05, 0) is 5.56 Å². The van der Waals surface area contributed by atoms with E-state index in [2.05, 4.69) is 9.99 Å². The van der Waals surface area contributed by atoms with Crippen molar-refractivity contribution < 1.29 is 28.0 Å². The normalized spacial score (nSPS) is 11.4. The maximum absolute atomic E-state index is 13.6. The Bertz CT molecular complexity index is 917. The van der Waals surface area contributed by atoms with Crippen LogP contribution in [-0.2, 0) is 16.2 Å². The fourth-order valence-corrected chi connectivity index (χ4v) is 2.60. The highest BCUT2D eigenvalue weighted by Crippen LogP contribution is 2.35. The number of benzene rings is 2.